The quantitative estimate of drug-likeness (QED) is 0.772. The molecule has 4 rings (SSSR count). The fourth-order valence-electron chi connectivity index (χ4n) is 3.42. The fraction of sp³-hybridized carbons (Fsp3) is 0.200. The van der Waals surface area contributed by atoms with Gasteiger partial charge in [-0.3, -0.25) is 9.89 Å². The molecule has 0 fully saturated rings. The first-order chi connectivity index (χ1) is 11.7. The number of nitrogens with zero attached hydrogens (tertiary/aromatic N) is 1. The lowest BCUT2D eigenvalue weighted by atomic mass is 10.0. The van der Waals surface area contributed by atoms with Crippen LogP contribution in [0.25, 0.3) is 11.3 Å². The van der Waals surface area contributed by atoms with E-state index in [1.807, 2.05) is 31.2 Å². The van der Waals surface area contributed by atoms with Crippen LogP contribution in [-0.2, 0) is 6.42 Å². The van der Waals surface area contributed by atoms with E-state index in [2.05, 4.69) is 39.8 Å². The standard InChI is InChI=1S/C20H19N3O/c1-13-5-4-7-15(11-13)19-17(12-21-23-19)20(24)22-18-10-9-14-6-2-3-8-16(14)18/h2-8,11-12,18H,9-10H2,1H3,(H,21,23)(H,22,24)/t18-/m1/s1. The van der Waals surface area contributed by atoms with Gasteiger partial charge in [0.2, 0.25) is 0 Å². The van der Waals surface area contributed by atoms with Gasteiger partial charge in [0.05, 0.1) is 23.5 Å². The minimum atomic E-state index is -0.0815. The minimum Gasteiger partial charge on any atom is -0.345 e. The molecule has 0 saturated carbocycles. The Labute approximate surface area is 140 Å². The highest BCUT2D eigenvalue weighted by Crippen LogP contribution is 2.31. The summed E-state index contributed by atoms with van der Waals surface area (Å²) in [6.07, 6.45) is 3.56. The van der Waals surface area contributed by atoms with E-state index in [0.29, 0.717) is 5.56 Å². The number of hydrogen-bond acceptors (Lipinski definition) is 2. The third-order valence-corrected chi connectivity index (χ3v) is 4.63. The van der Waals surface area contributed by atoms with Crippen molar-refractivity contribution in [2.75, 3.05) is 0 Å². The van der Waals surface area contributed by atoms with Crippen LogP contribution in [-0.4, -0.2) is 16.1 Å². The van der Waals surface area contributed by atoms with Crippen molar-refractivity contribution in [1.29, 1.82) is 0 Å². The van der Waals surface area contributed by atoms with Crippen molar-refractivity contribution < 1.29 is 4.79 Å². The van der Waals surface area contributed by atoms with Gasteiger partial charge >= 0.3 is 0 Å². The Kier molecular flexibility index (Phi) is 3.65. The highest BCUT2D eigenvalue weighted by molar-refractivity contribution is 6.00. The number of fused-ring (bicyclic) bond motifs is 1. The van der Waals surface area contributed by atoms with E-state index >= 15 is 0 Å². The number of rotatable bonds is 3. The number of amides is 1. The summed E-state index contributed by atoms with van der Waals surface area (Å²) < 4.78 is 0. The zero-order valence-electron chi connectivity index (χ0n) is 13.5. The average molecular weight is 317 g/mol. The highest BCUT2D eigenvalue weighted by Gasteiger charge is 2.25. The molecule has 3 aromatic rings. The Bertz CT molecular complexity index is 897. The summed E-state index contributed by atoms with van der Waals surface area (Å²) in [4.78, 5) is 12.8. The number of benzene rings is 2. The number of H-pyrrole nitrogens is 1. The SMILES string of the molecule is Cc1cccc(-c2[nH]ncc2C(=O)N[C@@H]2CCc3ccccc32)c1. The molecule has 4 nitrogen and oxygen atoms in total. The Hall–Kier alpha value is -2.88. The molecule has 1 heterocycles. The first kappa shape index (κ1) is 14.7. The van der Waals surface area contributed by atoms with Gasteiger partial charge in [-0.1, -0.05) is 48.0 Å². The maximum Gasteiger partial charge on any atom is 0.255 e. The first-order valence-electron chi connectivity index (χ1n) is 8.21. The molecule has 0 unspecified atom stereocenters. The van der Waals surface area contributed by atoms with Crippen molar-refractivity contribution in [3.8, 4) is 11.3 Å². The molecule has 0 spiro atoms. The zero-order valence-corrected chi connectivity index (χ0v) is 13.5. The van der Waals surface area contributed by atoms with E-state index in [0.717, 1.165) is 29.7 Å². The summed E-state index contributed by atoms with van der Waals surface area (Å²) in [5, 5.41) is 10.2. The third-order valence-electron chi connectivity index (χ3n) is 4.63. The van der Waals surface area contributed by atoms with Crippen molar-refractivity contribution >= 4 is 5.91 Å². The molecule has 1 aliphatic carbocycles. The molecule has 2 N–H and O–H groups in total. The van der Waals surface area contributed by atoms with E-state index in [1.54, 1.807) is 6.20 Å². The lowest BCUT2D eigenvalue weighted by molar-refractivity contribution is 0.0937. The maximum absolute atomic E-state index is 12.8. The third kappa shape index (κ3) is 2.60. The van der Waals surface area contributed by atoms with Crippen molar-refractivity contribution in [3.63, 3.8) is 0 Å². The summed E-state index contributed by atoms with van der Waals surface area (Å²) in [6.45, 7) is 2.04. The second-order valence-corrected chi connectivity index (χ2v) is 6.29. The summed E-state index contributed by atoms with van der Waals surface area (Å²) in [6, 6.07) is 16.5. The van der Waals surface area contributed by atoms with Gasteiger partial charge in [0.15, 0.2) is 0 Å². The molecule has 0 saturated heterocycles. The minimum absolute atomic E-state index is 0.0777. The lowest BCUT2D eigenvalue weighted by Crippen LogP contribution is -2.27. The molecule has 1 atom stereocenters. The van der Waals surface area contributed by atoms with Crippen LogP contribution in [0.4, 0.5) is 0 Å². The Morgan fingerprint density at radius 1 is 1.21 bits per heavy atom. The van der Waals surface area contributed by atoms with Gasteiger partial charge in [-0.25, -0.2) is 0 Å². The van der Waals surface area contributed by atoms with Crippen molar-refractivity contribution in [1.82, 2.24) is 15.5 Å². The van der Waals surface area contributed by atoms with Gasteiger partial charge in [-0.2, -0.15) is 5.10 Å². The van der Waals surface area contributed by atoms with Crippen LogP contribution in [0.15, 0.2) is 54.7 Å². The number of hydrogen-bond donors (Lipinski definition) is 2. The lowest BCUT2D eigenvalue weighted by Gasteiger charge is -2.14. The van der Waals surface area contributed by atoms with Gasteiger partial charge in [-0.05, 0) is 37.0 Å². The summed E-state index contributed by atoms with van der Waals surface area (Å²) >= 11 is 0. The molecule has 0 bridgehead atoms. The smallest absolute Gasteiger partial charge is 0.255 e. The average Bonchev–Trinajstić information content (AvgIpc) is 3.22. The zero-order chi connectivity index (χ0) is 16.5. The molecule has 0 aliphatic heterocycles. The molecular formula is C20H19N3O. The molecule has 1 aliphatic rings. The molecule has 1 amide bonds. The number of aromatic amines is 1. The number of nitrogens with one attached hydrogen (secondary N) is 2. The van der Waals surface area contributed by atoms with E-state index in [1.165, 1.54) is 11.1 Å². The predicted molar refractivity (Wildman–Crippen MR) is 93.7 cm³/mol. The van der Waals surface area contributed by atoms with Gasteiger partial charge in [0.25, 0.3) is 5.91 Å². The molecule has 1 aromatic heterocycles. The monoisotopic (exact) mass is 317 g/mol. The summed E-state index contributed by atoms with van der Waals surface area (Å²) in [5.41, 5.74) is 6.04. The first-order valence-corrected chi connectivity index (χ1v) is 8.21. The molecule has 24 heavy (non-hydrogen) atoms. The van der Waals surface area contributed by atoms with Crippen LogP contribution in [0.5, 0.6) is 0 Å². The van der Waals surface area contributed by atoms with E-state index < -0.39 is 0 Å². The number of carbonyl (C=O) groups excluding carboxylic acids is 1. The predicted octanol–water partition coefficient (Wildman–Crippen LogP) is 3.80. The van der Waals surface area contributed by atoms with Gasteiger partial charge in [0.1, 0.15) is 0 Å². The summed E-state index contributed by atoms with van der Waals surface area (Å²) in [5.74, 6) is -0.0815. The van der Waals surface area contributed by atoms with E-state index in [-0.39, 0.29) is 11.9 Å². The van der Waals surface area contributed by atoms with Crippen LogP contribution >= 0.6 is 0 Å². The van der Waals surface area contributed by atoms with Crippen LogP contribution < -0.4 is 5.32 Å². The Balaban J connectivity index is 1.60. The number of aromatic nitrogens is 2. The van der Waals surface area contributed by atoms with Gasteiger partial charge < -0.3 is 5.32 Å². The van der Waals surface area contributed by atoms with E-state index in [4.69, 9.17) is 0 Å². The van der Waals surface area contributed by atoms with Crippen LogP contribution in [0, 0.1) is 6.92 Å². The molecule has 0 radical (unpaired) electrons. The summed E-state index contributed by atoms with van der Waals surface area (Å²) in [7, 11) is 0. The highest BCUT2D eigenvalue weighted by atomic mass is 16.1. The number of aryl methyl sites for hydroxylation is 2. The normalized spacial score (nSPS) is 16.0. The van der Waals surface area contributed by atoms with Crippen molar-refractivity contribution in [3.05, 3.63) is 77.0 Å². The van der Waals surface area contributed by atoms with Crippen LogP contribution in [0.1, 0.15) is 39.5 Å². The van der Waals surface area contributed by atoms with Gasteiger partial charge in [0, 0.05) is 5.56 Å². The van der Waals surface area contributed by atoms with Gasteiger partial charge in [-0.15, -0.1) is 0 Å². The molecule has 120 valence electrons. The largest absolute Gasteiger partial charge is 0.345 e. The van der Waals surface area contributed by atoms with Crippen LogP contribution in [0.2, 0.25) is 0 Å². The topological polar surface area (TPSA) is 57.8 Å². The molecule has 4 heteroatoms. The van der Waals surface area contributed by atoms with Crippen molar-refractivity contribution in [2.24, 2.45) is 0 Å². The fourth-order valence-corrected chi connectivity index (χ4v) is 3.42. The second-order valence-electron chi connectivity index (χ2n) is 6.29. The van der Waals surface area contributed by atoms with Crippen molar-refractivity contribution in [2.45, 2.75) is 25.8 Å². The molecular weight excluding hydrogens is 298 g/mol. The molecule has 2 aromatic carbocycles. The van der Waals surface area contributed by atoms with Crippen LogP contribution in [0.3, 0.4) is 0 Å². The Morgan fingerprint density at radius 2 is 2.08 bits per heavy atom. The Morgan fingerprint density at radius 3 is 2.96 bits per heavy atom. The number of carbonyl (C=O) groups is 1. The maximum atomic E-state index is 12.8. The second kappa shape index (κ2) is 5.96. The van der Waals surface area contributed by atoms with E-state index in [9.17, 15) is 4.79 Å².